The topological polar surface area (TPSA) is 117 Å². The second-order valence-corrected chi connectivity index (χ2v) is 12.1. The first-order valence-corrected chi connectivity index (χ1v) is 16.6. The summed E-state index contributed by atoms with van der Waals surface area (Å²) in [5.74, 6) is 0.332. The van der Waals surface area contributed by atoms with Crippen molar-refractivity contribution in [2.24, 2.45) is 5.73 Å². The van der Waals surface area contributed by atoms with Crippen LogP contribution < -0.4 is 20.5 Å². The number of carbonyl (C=O) groups excluding carboxylic acids is 3. The van der Waals surface area contributed by atoms with Gasteiger partial charge >= 0.3 is 0 Å². The van der Waals surface area contributed by atoms with Crippen molar-refractivity contribution in [2.45, 2.75) is 12.8 Å². The average Bonchev–Trinajstić information content (AvgIpc) is 3.14. The van der Waals surface area contributed by atoms with Gasteiger partial charge in [-0.15, -0.1) is 0 Å². The number of nitrogens with two attached hydrogens (primary N) is 1. The van der Waals surface area contributed by atoms with Crippen LogP contribution in [0.1, 0.15) is 43.1 Å². The molecule has 1 heterocycles. The van der Waals surface area contributed by atoms with Crippen molar-refractivity contribution in [1.82, 2.24) is 14.7 Å². The molecule has 1 aliphatic heterocycles. The van der Waals surface area contributed by atoms with E-state index in [1.165, 1.54) is 7.11 Å². The lowest BCUT2D eigenvalue weighted by molar-refractivity contribution is 0.0663. The number of amides is 3. The summed E-state index contributed by atoms with van der Waals surface area (Å²) < 4.78 is 11.7. The van der Waals surface area contributed by atoms with E-state index in [2.05, 4.69) is 17.3 Å². The Bertz CT molecular complexity index is 1740. The Morgan fingerprint density at radius 1 is 0.857 bits per heavy atom. The summed E-state index contributed by atoms with van der Waals surface area (Å²) in [5, 5.41) is 2.97. The summed E-state index contributed by atoms with van der Waals surface area (Å²) in [5.41, 5.74) is 9.91. The maximum Gasteiger partial charge on any atom is 0.259 e. The fraction of sp³-hybridized carbons (Fsp3) is 0.308. The maximum atomic E-state index is 14.0. The number of benzene rings is 4. The van der Waals surface area contributed by atoms with Crippen LogP contribution in [0.2, 0.25) is 0 Å². The highest BCUT2D eigenvalue weighted by atomic mass is 16.5. The van der Waals surface area contributed by atoms with E-state index in [0.29, 0.717) is 72.0 Å². The Hall–Kier alpha value is -5.19. The molecule has 0 spiro atoms. The van der Waals surface area contributed by atoms with E-state index in [0.717, 1.165) is 37.3 Å². The van der Waals surface area contributed by atoms with Gasteiger partial charge in [0.05, 0.1) is 30.5 Å². The molecule has 49 heavy (non-hydrogen) atoms. The normalized spacial score (nSPS) is 13.1. The summed E-state index contributed by atoms with van der Waals surface area (Å²) in [6, 6.07) is 27.6. The maximum absolute atomic E-state index is 14.0. The fourth-order valence-corrected chi connectivity index (χ4v) is 5.81. The number of hydrogen-bond donors (Lipinski definition) is 2. The number of carbonyl (C=O) groups is 3. The van der Waals surface area contributed by atoms with Crippen LogP contribution in [0.15, 0.2) is 91.0 Å². The first-order chi connectivity index (χ1) is 23.8. The van der Waals surface area contributed by atoms with Gasteiger partial charge in [-0.1, -0.05) is 54.6 Å². The van der Waals surface area contributed by atoms with Crippen molar-refractivity contribution < 1.29 is 23.9 Å². The average molecular weight is 664 g/mol. The van der Waals surface area contributed by atoms with Crippen molar-refractivity contribution in [2.75, 3.05) is 72.4 Å². The van der Waals surface area contributed by atoms with Crippen molar-refractivity contribution in [3.63, 3.8) is 0 Å². The van der Waals surface area contributed by atoms with E-state index in [9.17, 15) is 14.4 Å². The summed E-state index contributed by atoms with van der Waals surface area (Å²) in [6.07, 6.45) is 1.28. The summed E-state index contributed by atoms with van der Waals surface area (Å²) in [6.45, 7) is 4.55. The highest BCUT2D eigenvalue weighted by molar-refractivity contribution is 6.09. The van der Waals surface area contributed by atoms with Crippen LogP contribution in [0.25, 0.3) is 11.1 Å². The van der Waals surface area contributed by atoms with Crippen molar-refractivity contribution >= 4 is 23.4 Å². The van der Waals surface area contributed by atoms with Crippen LogP contribution in [0.3, 0.4) is 0 Å². The molecule has 1 saturated heterocycles. The third-order valence-corrected chi connectivity index (χ3v) is 8.71. The van der Waals surface area contributed by atoms with Gasteiger partial charge in [-0.3, -0.25) is 14.4 Å². The molecule has 0 aromatic heterocycles. The number of rotatable bonds is 13. The van der Waals surface area contributed by atoms with Crippen LogP contribution in [0, 0.1) is 0 Å². The minimum Gasteiger partial charge on any atom is -0.494 e. The predicted molar refractivity (Wildman–Crippen MR) is 192 cm³/mol. The van der Waals surface area contributed by atoms with Gasteiger partial charge in [0, 0.05) is 50.9 Å². The molecule has 0 atom stereocenters. The van der Waals surface area contributed by atoms with Crippen LogP contribution in [-0.2, 0) is 6.42 Å². The van der Waals surface area contributed by atoms with Gasteiger partial charge < -0.3 is 35.2 Å². The zero-order chi connectivity index (χ0) is 34.8. The molecular weight excluding hydrogens is 618 g/mol. The van der Waals surface area contributed by atoms with Crippen LogP contribution in [-0.4, -0.2) is 99.5 Å². The number of methoxy groups -OCH3 is 1. The summed E-state index contributed by atoms with van der Waals surface area (Å²) >= 11 is 0. The second kappa shape index (κ2) is 16.8. The number of para-hydroxylation sites is 1. The van der Waals surface area contributed by atoms with Gasteiger partial charge in [0.2, 0.25) is 0 Å². The Kier molecular flexibility index (Phi) is 12.0. The monoisotopic (exact) mass is 663 g/mol. The standard InChI is InChI=1S/C39H45N5O5/c1-42-23-25-44(26-24-42)38(46)30-16-14-28(15-17-30)20-22-43(2)39(47)32-18-19-33(36(48-3)35(32)29-10-5-4-6-11-29)41-37(45)31-12-7-8-13-34(31)49-27-9-21-40/h4-8,10-19H,9,20-27,40H2,1-3H3,(H,41,45). The molecule has 4 aromatic rings. The molecule has 256 valence electrons. The van der Waals surface area contributed by atoms with Gasteiger partial charge in [-0.05, 0) is 74.0 Å². The number of piperazine rings is 1. The molecule has 5 rings (SSSR count). The molecule has 3 N–H and O–H groups in total. The second-order valence-electron chi connectivity index (χ2n) is 12.1. The zero-order valence-electron chi connectivity index (χ0n) is 28.5. The smallest absolute Gasteiger partial charge is 0.259 e. The third kappa shape index (κ3) is 8.65. The molecule has 1 fully saturated rings. The van der Waals surface area contributed by atoms with Gasteiger partial charge in [-0.25, -0.2) is 0 Å². The number of anilines is 1. The molecule has 10 heteroatoms. The first kappa shape index (κ1) is 35.1. The molecule has 0 bridgehead atoms. The van der Waals surface area contributed by atoms with Crippen LogP contribution in [0.4, 0.5) is 5.69 Å². The highest BCUT2D eigenvalue weighted by Crippen LogP contribution is 2.40. The van der Waals surface area contributed by atoms with Gasteiger partial charge in [0.15, 0.2) is 5.75 Å². The number of ether oxygens (including phenoxy) is 2. The predicted octanol–water partition coefficient (Wildman–Crippen LogP) is 5.04. The molecule has 10 nitrogen and oxygen atoms in total. The van der Waals surface area contributed by atoms with Gasteiger partial charge in [0.1, 0.15) is 5.75 Å². The Balaban J connectivity index is 1.33. The molecular formula is C39H45N5O5. The first-order valence-electron chi connectivity index (χ1n) is 16.6. The fourth-order valence-electron chi connectivity index (χ4n) is 5.81. The number of likely N-dealkylation sites (N-methyl/N-ethyl adjacent to an activating group) is 2. The van der Waals surface area contributed by atoms with E-state index in [1.54, 1.807) is 42.3 Å². The molecule has 0 radical (unpaired) electrons. The molecule has 4 aromatic carbocycles. The number of nitrogens with one attached hydrogen (secondary N) is 1. The molecule has 0 saturated carbocycles. The van der Waals surface area contributed by atoms with Crippen LogP contribution >= 0.6 is 0 Å². The van der Waals surface area contributed by atoms with E-state index in [4.69, 9.17) is 15.2 Å². The highest BCUT2D eigenvalue weighted by Gasteiger charge is 2.25. The van der Waals surface area contributed by atoms with E-state index >= 15 is 0 Å². The largest absolute Gasteiger partial charge is 0.494 e. The SMILES string of the molecule is COc1c(NC(=O)c2ccccc2OCCCN)ccc(C(=O)N(C)CCc2ccc(C(=O)N3CCN(C)CC3)cc2)c1-c1ccccc1. The van der Waals surface area contributed by atoms with Gasteiger partial charge in [0.25, 0.3) is 17.7 Å². The minimum atomic E-state index is -0.367. The molecule has 0 aliphatic carbocycles. The Morgan fingerprint density at radius 3 is 2.24 bits per heavy atom. The van der Waals surface area contributed by atoms with Crippen LogP contribution in [0.5, 0.6) is 11.5 Å². The number of hydrogen-bond acceptors (Lipinski definition) is 7. The van der Waals surface area contributed by atoms with E-state index in [-0.39, 0.29) is 17.7 Å². The summed E-state index contributed by atoms with van der Waals surface area (Å²) in [4.78, 5) is 46.3. The quantitative estimate of drug-likeness (QED) is 0.193. The molecule has 0 unspecified atom stereocenters. The van der Waals surface area contributed by atoms with E-state index < -0.39 is 0 Å². The van der Waals surface area contributed by atoms with Crippen molar-refractivity contribution in [3.05, 3.63) is 113 Å². The lowest BCUT2D eigenvalue weighted by atomic mass is 9.96. The zero-order valence-corrected chi connectivity index (χ0v) is 28.5. The summed E-state index contributed by atoms with van der Waals surface area (Å²) in [7, 11) is 5.36. The third-order valence-electron chi connectivity index (χ3n) is 8.71. The lowest BCUT2D eigenvalue weighted by Crippen LogP contribution is -2.47. The van der Waals surface area contributed by atoms with Crippen molar-refractivity contribution in [1.29, 1.82) is 0 Å². The van der Waals surface area contributed by atoms with Crippen molar-refractivity contribution in [3.8, 4) is 22.6 Å². The molecule has 1 aliphatic rings. The lowest BCUT2D eigenvalue weighted by Gasteiger charge is -2.32. The Labute approximate surface area is 288 Å². The Morgan fingerprint density at radius 2 is 1.55 bits per heavy atom. The molecule has 3 amide bonds. The van der Waals surface area contributed by atoms with E-state index in [1.807, 2.05) is 65.6 Å². The number of nitrogens with zero attached hydrogens (tertiary/aromatic N) is 3. The van der Waals surface area contributed by atoms with Gasteiger partial charge in [-0.2, -0.15) is 0 Å². The minimum absolute atomic E-state index is 0.0500.